The number of carbonyl (C=O) groups excluding carboxylic acids is 2. The number of aromatic nitrogens is 1. The van der Waals surface area contributed by atoms with Crippen LogP contribution in [0.3, 0.4) is 0 Å². The van der Waals surface area contributed by atoms with Gasteiger partial charge in [0, 0.05) is 24.3 Å². The van der Waals surface area contributed by atoms with Gasteiger partial charge in [-0.05, 0) is 41.8 Å². The summed E-state index contributed by atoms with van der Waals surface area (Å²) >= 11 is 5.85. The Bertz CT molecular complexity index is 886. The second-order valence-corrected chi connectivity index (χ2v) is 6.40. The highest BCUT2D eigenvalue weighted by molar-refractivity contribution is 6.42. The first-order chi connectivity index (χ1) is 12.6. The van der Waals surface area contributed by atoms with Gasteiger partial charge in [0.1, 0.15) is 0 Å². The molecule has 0 unspecified atom stereocenters. The van der Waals surface area contributed by atoms with Crippen molar-refractivity contribution in [3.63, 3.8) is 0 Å². The van der Waals surface area contributed by atoms with Gasteiger partial charge in [0.25, 0.3) is 11.7 Å². The van der Waals surface area contributed by atoms with Gasteiger partial charge in [0.05, 0.1) is 5.69 Å². The number of Topliss-reactive ketones (excluding diaryl/α,β-unsaturated/α-hetero) is 1. The van der Waals surface area contributed by atoms with Crippen molar-refractivity contribution in [3.8, 4) is 0 Å². The number of halogens is 1. The minimum atomic E-state index is -0.591. The number of rotatable bonds is 7. The van der Waals surface area contributed by atoms with Crippen LogP contribution in [0.25, 0.3) is 0 Å². The van der Waals surface area contributed by atoms with Gasteiger partial charge in [-0.15, -0.1) is 0 Å². The number of ketones is 1. The fourth-order valence-corrected chi connectivity index (χ4v) is 2.83. The molecule has 0 atom stereocenters. The van der Waals surface area contributed by atoms with E-state index in [0.29, 0.717) is 30.2 Å². The zero-order valence-electron chi connectivity index (χ0n) is 14.2. The Kier molecular flexibility index (Phi) is 5.87. The van der Waals surface area contributed by atoms with Gasteiger partial charge in [-0.2, -0.15) is 0 Å². The molecule has 3 rings (SSSR count). The van der Waals surface area contributed by atoms with E-state index >= 15 is 0 Å². The smallest absolute Gasteiger partial charge is 0.294 e. The summed E-state index contributed by atoms with van der Waals surface area (Å²) in [6.07, 6.45) is 2.45. The van der Waals surface area contributed by atoms with Gasteiger partial charge in [-0.25, -0.2) is 0 Å². The molecule has 0 bridgehead atoms. The Morgan fingerprint density at radius 1 is 0.885 bits per heavy atom. The number of amides is 1. The zero-order valence-corrected chi connectivity index (χ0v) is 14.9. The summed E-state index contributed by atoms with van der Waals surface area (Å²) in [5, 5.41) is 3.36. The molecular formula is C21H19ClN2O2. The lowest BCUT2D eigenvalue weighted by molar-refractivity contribution is -0.117. The molecule has 5 heteroatoms. The molecule has 0 aliphatic carbocycles. The molecule has 0 spiro atoms. The molecular weight excluding hydrogens is 348 g/mol. The molecule has 4 nitrogen and oxygen atoms in total. The molecule has 3 aromatic rings. The maximum Gasteiger partial charge on any atom is 0.294 e. The number of benzene rings is 2. The summed E-state index contributed by atoms with van der Waals surface area (Å²) in [6, 6.07) is 20.7. The molecule has 1 N–H and O–H groups in total. The Morgan fingerprint density at radius 3 is 2.35 bits per heavy atom. The van der Waals surface area contributed by atoms with Gasteiger partial charge in [0.2, 0.25) is 0 Å². The predicted octanol–water partition coefficient (Wildman–Crippen LogP) is 3.73. The lowest BCUT2D eigenvalue weighted by Gasteiger charge is -2.09. The second-order valence-electron chi connectivity index (χ2n) is 5.97. The van der Waals surface area contributed by atoms with Crippen molar-refractivity contribution in [2.75, 3.05) is 6.54 Å². The molecule has 0 saturated heterocycles. The SMILES string of the molecule is O=C(NCCc1ccc(Cl)cc1)C(=O)c1cccn1Cc1ccccc1. The summed E-state index contributed by atoms with van der Waals surface area (Å²) in [5.74, 6) is -1.12. The monoisotopic (exact) mass is 366 g/mol. The third-order valence-electron chi connectivity index (χ3n) is 4.08. The topological polar surface area (TPSA) is 51.1 Å². The lowest BCUT2D eigenvalue weighted by Crippen LogP contribution is -2.33. The zero-order chi connectivity index (χ0) is 18.4. The molecule has 132 valence electrons. The molecule has 2 aromatic carbocycles. The van der Waals surface area contributed by atoms with Crippen LogP contribution in [0.1, 0.15) is 21.6 Å². The van der Waals surface area contributed by atoms with E-state index in [2.05, 4.69) is 5.32 Å². The molecule has 1 heterocycles. The molecule has 1 amide bonds. The van der Waals surface area contributed by atoms with Gasteiger partial charge in [-0.3, -0.25) is 9.59 Å². The molecule has 0 aliphatic rings. The number of nitrogens with zero attached hydrogens (tertiary/aromatic N) is 1. The van der Waals surface area contributed by atoms with Crippen LogP contribution in [0.2, 0.25) is 5.02 Å². The predicted molar refractivity (Wildman–Crippen MR) is 102 cm³/mol. The lowest BCUT2D eigenvalue weighted by atomic mass is 10.1. The molecule has 0 saturated carbocycles. The minimum Gasteiger partial charge on any atom is -0.349 e. The highest BCUT2D eigenvalue weighted by Crippen LogP contribution is 2.10. The van der Waals surface area contributed by atoms with E-state index in [-0.39, 0.29) is 0 Å². The van der Waals surface area contributed by atoms with Crippen LogP contribution in [-0.2, 0) is 17.8 Å². The summed E-state index contributed by atoms with van der Waals surface area (Å²) < 4.78 is 1.79. The highest BCUT2D eigenvalue weighted by atomic mass is 35.5. The number of hydrogen-bond acceptors (Lipinski definition) is 2. The second kappa shape index (κ2) is 8.50. The van der Waals surface area contributed by atoms with Crippen LogP contribution in [0, 0.1) is 0 Å². The number of nitrogens with one attached hydrogen (secondary N) is 1. The van der Waals surface area contributed by atoms with Crippen molar-refractivity contribution in [1.82, 2.24) is 9.88 Å². The van der Waals surface area contributed by atoms with Crippen molar-refractivity contribution in [2.24, 2.45) is 0 Å². The van der Waals surface area contributed by atoms with Crippen molar-refractivity contribution in [3.05, 3.63) is 94.8 Å². The van der Waals surface area contributed by atoms with E-state index in [1.165, 1.54) is 0 Å². The maximum atomic E-state index is 12.5. The van der Waals surface area contributed by atoms with E-state index in [9.17, 15) is 9.59 Å². The minimum absolute atomic E-state index is 0.387. The summed E-state index contributed by atoms with van der Waals surface area (Å²) in [6.45, 7) is 0.943. The first kappa shape index (κ1) is 18.0. The molecule has 0 radical (unpaired) electrons. The van der Waals surface area contributed by atoms with Gasteiger partial charge >= 0.3 is 0 Å². The van der Waals surface area contributed by atoms with Gasteiger partial charge < -0.3 is 9.88 Å². The quantitative estimate of drug-likeness (QED) is 0.511. The van der Waals surface area contributed by atoms with Crippen molar-refractivity contribution in [1.29, 1.82) is 0 Å². The third-order valence-corrected chi connectivity index (χ3v) is 4.33. The van der Waals surface area contributed by atoms with E-state index in [1.54, 1.807) is 35.0 Å². The summed E-state index contributed by atoms with van der Waals surface area (Å²) in [7, 11) is 0. The Hall–Kier alpha value is -2.85. The Balaban J connectivity index is 1.58. The molecule has 1 aromatic heterocycles. The average Bonchev–Trinajstić information content (AvgIpc) is 3.11. The van der Waals surface area contributed by atoms with Crippen LogP contribution in [0.5, 0.6) is 0 Å². The summed E-state index contributed by atoms with van der Waals surface area (Å²) in [4.78, 5) is 24.6. The summed E-state index contributed by atoms with van der Waals surface area (Å²) in [5.41, 5.74) is 2.51. The van der Waals surface area contributed by atoms with Gasteiger partial charge in [0.15, 0.2) is 0 Å². The number of carbonyl (C=O) groups is 2. The number of hydrogen-bond donors (Lipinski definition) is 1. The first-order valence-corrected chi connectivity index (χ1v) is 8.77. The van der Waals surface area contributed by atoms with Crippen molar-refractivity contribution in [2.45, 2.75) is 13.0 Å². The van der Waals surface area contributed by atoms with E-state index in [0.717, 1.165) is 11.1 Å². The Morgan fingerprint density at radius 2 is 1.62 bits per heavy atom. The maximum absolute atomic E-state index is 12.5. The van der Waals surface area contributed by atoms with E-state index < -0.39 is 11.7 Å². The standard InChI is InChI=1S/C21H19ClN2O2/c22-18-10-8-16(9-11-18)12-13-23-21(26)20(25)19-7-4-14-24(19)15-17-5-2-1-3-6-17/h1-11,14H,12-13,15H2,(H,23,26). The molecule has 0 fully saturated rings. The average molecular weight is 367 g/mol. The van der Waals surface area contributed by atoms with Crippen molar-refractivity contribution >= 4 is 23.3 Å². The van der Waals surface area contributed by atoms with Crippen LogP contribution >= 0.6 is 11.6 Å². The molecule has 26 heavy (non-hydrogen) atoms. The first-order valence-electron chi connectivity index (χ1n) is 8.39. The van der Waals surface area contributed by atoms with Crippen LogP contribution in [-0.4, -0.2) is 22.8 Å². The van der Waals surface area contributed by atoms with Crippen LogP contribution in [0.15, 0.2) is 72.9 Å². The highest BCUT2D eigenvalue weighted by Gasteiger charge is 2.19. The molecule has 0 aliphatic heterocycles. The fraction of sp³-hybridized carbons (Fsp3) is 0.143. The normalized spacial score (nSPS) is 10.5. The van der Waals surface area contributed by atoms with Crippen LogP contribution < -0.4 is 5.32 Å². The van der Waals surface area contributed by atoms with E-state index in [4.69, 9.17) is 11.6 Å². The fourth-order valence-electron chi connectivity index (χ4n) is 2.71. The third kappa shape index (κ3) is 4.61. The largest absolute Gasteiger partial charge is 0.349 e. The van der Waals surface area contributed by atoms with Crippen LogP contribution in [0.4, 0.5) is 0 Å². The van der Waals surface area contributed by atoms with Gasteiger partial charge in [-0.1, -0.05) is 54.1 Å². The van der Waals surface area contributed by atoms with Crippen molar-refractivity contribution < 1.29 is 9.59 Å². The van der Waals surface area contributed by atoms with E-state index in [1.807, 2.05) is 42.5 Å². The Labute approximate surface area is 157 Å².